The van der Waals surface area contributed by atoms with E-state index in [-0.39, 0.29) is 17.6 Å². The predicted octanol–water partition coefficient (Wildman–Crippen LogP) is 1.49. The number of rotatable bonds is 2. The van der Waals surface area contributed by atoms with E-state index in [1.165, 1.54) is 0 Å². The number of hydrogen-bond acceptors (Lipinski definition) is 4. The third kappa shape index (κ3) is 2.59. The van der Waals surface area contributed by atoms with E-state index in [9.17, 15) is 8.42 Å². The second kappa shape index (κ2) is 4.14. The second-order valence-electron chi connectivity index (χ2n) is 3.83. The third-order valence-corrected chi connectivity index (χ3v) is 4.53. The Hall–Kier alpha value is -0.940. The van der Waals surface area contributed by atoms with Gasteiger partial charge < -0.3 is 10.5 Å². The first-order valence-electron chi connectivity index (χ1n) is 4.88. The molecule has 0 aromatic heterocycles. The summed E-state index contributed by atoms with van der Waals surface area (Å²) in [4.78, 5) is 0. The van der Waals surface area contributed by atoms with E-state index in [4.69, 9.17) is 22.1 Å². The highest BCUT2D eigenvalue weighted by atomic mass is 35.5. The molecule has 2 rings (SSSR count). The van der Waals surface area contributed by atoms with Crippen molar-refractivity contribution in [1.29, 1.82) is 0 Å². The van der Waals surface area contributed by atoms with E-state index in [1.54, 1.807) is 18.2 Å². The van der Waals surface area contributed by atoms with Crippen molar-refractivity contribution in [3.8, 4) is 5.75 Å². The average molecular weight is 262 g/mol. The van der Waals surface area contributed by atoms with Crippen LogP contribution in [0.25, 0.3) is 0 Å². The number of nitrogen functional groups attached to an aromatic ring is 1. The highest BCUT2D eigenvalue weighted by molar-refractivity contribution is 7.91. The summed E-state index contributed by atoms with van der Waals surface area (Å²) in [7, 11) is -2.92. The molecule has 4 nitrogen and oxygen atoms in total. The molecule has 1 fully saturated rings. The molecule has 1 atom stereocenters. The molecule has 1 aliphatic heterocycles. The van der Waals surface area contributed by atoms with Crippen LogP contribution in [0.5, 0.6) is 5.75 Å². The Morgan fingerprint density at radius 1 is 1.44 bits per heavy atom. The largest absolute Gasteiger partial charge is 0.489 e. The Morgan fingerprint density at radius 3 is 2.75 bits per heavy atom. The van der Waals surface area contributed by atoms with E-state index < -0.39 is 9.84 Å². The zero-order chi connectivity index (χ0) is 11.8. The molecule has 1 aromatic carbocycles. The van der Waals surface area contributed by atoms with Crippen LogP contribution in [0.3, 0.4) is 0 Å². The Labute approximate surface area is 99.3 Å². The van der Waals surface area contributed by atoms with Crippen molar-refractivity contribution in [2.45, 2.75) is 12.5 Å². The first-order valence-corrected chi connectivity index (χ1v) is 7.08. The molecule has 1 saturated heterocycles. The van der Waals surface area contributed by atoms with Crippen molar-refractivity contribution in [2.75, 3.05) is 17.2 Å². The van der Waals surface area contributed by atoms with Gasteiger partial charge in [0.15, 0.2) is 9.84 Å². The molecule has 88 valence electrons. The van der Waals surface area contributed by atoms with Crippen molar-refractivity contribution in [3.63, 3.8) is 0 Å². The number of anilines is 1. The summed E-state index contributed by atoms with van der Waals surface area (Å²) in [5.74, 6) is 0.830. The van der Waals surface area contributed by atoms with Gasteiger partial charge in [-0.2, -0.15) is 0 Å². The monoisotopic (exact) mass is 261 g/mol. The first kappa shape index (κ1) is 11.5. The van der Waals surface area contributed by atoms with Gasteiger partial charge in [-0.05, 0) is 18.6 Å². The van der Waals surface area contributed by atoms with Gasteiger partial charge >= 0.3 is 0 Å². The zero-order valence-electron chi connectivity index (χ0n) is 8.52. The molecule has 0 aliphatic carbocycles. The van der Waals surface area contributed by atoms with E-state index in [0.29, 0.717) is 22.9 Å². The Kier molecular flexibility index (Phi) is 2.99. The first-order chi connectivity index (χ1) is 7.46. The average Bonchev–Trinajstić information content (AvgIpc) is 2.52. The molecule has 1 unspecified atom stereocenters. The van der Waals surface area contributed by atoms with Crippen LogP contribution in [0.4, 0.5) is 5.69 Å². The molecular weight excluding hydrogens is 250 g/mol. The van der Waals surface area contributed by atoms with Gasteiger partial charge in [0.25, 0.3) is 0 Å². The highest BCUT2D eigenvalue weighted by Crippen LogP contribution is 2.26. The van der Waals surface area contributed by atoms with Crippen molar-refractivity contribution in [1.82, 2.24) is 0 Å². The highest BCUT2D eigenvalue weighted by Gasteiger charge is 2.29. The van der Waals surface area contributed by atoms with Crippen molar-refractivity contribution in [3.05, 3.63) is 23.2 Å². The second-order valence-corrected chi connectivity index (χ2v) is 6.46. The Balaban J connectivity index is 2.08. The van der Waals surface area contributed by atoms with Crippen LogP contribution in [-0.2, 0) is 9.84 Å². The molecule has 0 amide bonds. The quantitative estimate of drug-likeness (QED) is 0.819. The van der Waals surface area contributed by atoms with Gasteiger partial charge in [0.2, 0.25) is 0 Å². The molecule has 2 N–H and O–H groups in total. The summed E-state index contributed by atoms with van der Waals surface area (Å²) < 4.78 is 28.0. The van der Waals surface area contributed by atoms with Crippen LogP contribution in [0.2, 0.25) is 5.02 Å². The van der Waals surface area contributed by atoms with Gasteiger partial charge in [-0.25, -0.2) is 8.42 Å². The normalized spacial score (nSPS) is 23.2. The number of sulfone groups is 1. The molecule has 6 heteroatoms. The lowest BCUT2D eigenvalue weighted by Crippen LogP contribution is -2.17. The standard InChI is InChI=1S/C10H12ClNO3S/c11-9-5-7(1-2-10(9)12)15-8-3-4-16(13,14)6-8/h1-2,5,8H,3-4,6,12H2. The van der Waals surface area contributed by atoms with Crippen LogP contribution < -0.4 is 10.5 Å². The van der Waals surface area contributed by atoms with E-state index in [0.717, 1.165) is 0 Å². The SMILES string of the molecule is Nc1ccc(OC2CCS(=O)(=O)C2)cc1Cl. The lowest BCUT2D eigenvalue weighted by Gasteiger charge is -2.12. The number of halogens is 1. The summed E-state index contributed by atoms with van der Waals surface area (Å²) in [5, 5.41) is 0.415. The van der Waals surface area contributed by atoms with E-state index in [2.05, 4.69) is 0 Å². The van der Waals surface area contributed by atoms with Crippen molar-refractivity contribution < 1.29 is 13.2 Å². The van der Waals surface area contributed by atoms with Crippen LogP contribution >= 0.6 is 11.6 Å². The van der Waals surface area contributed by atoms with Gasteiger partial charge in [-0.3, -0.25) is 0 Å². The van der Waals surface area contributed by atoms with E-state index in [1.807, 2.05) is 0 Å². The molecule has 1 aromatic rings. The number of benzene rings is 1. The van der Waals surface area contributed by atoms with Gasteiger partial charge in [-0.15, -0.1) is 0 Å². The molecule has 0 saturated carbocycles. The minimum absolute atomic E-state index is 0.0784. The smallest absolute Gasteiger partial charge is 0.154 e. The molecule has 0 radical (unpaired) electrons. The summed E-state index contributed by atoms with van der Waals surface area (Å²) in [6.45, 7) is 0. The lowest BCUT2D eigenvalue weighted by molar-refractivity contribution is 0.229. The van der Waals surface area contributed by atoms with E-state index >= 15 is 0 Å². The third-order valence-electron chi connectivity index (χ3n) is 2.47. The van der Waals surface area contributed by atoms with Crippen LogP contribution in [0.15, 0.2) is 18.2 Å². The number of nitrogens with two attached hydrogens (primary N) is 1. The van der Waals surface area contributed by atoms with Crippen LogP contribution in [0, 0.1) is 0 Å². The number of hydrogen-bond donors (Lipinski definition) is 1. The van der Waals surface area contributed by atoms with Gasteiger partial charge in [0, 0.05) is 6.07 Å². The molecule has 16 heavy (non-hydrogen) atoms. The maximum absolute atomic E-state index is 11.2. The molecule has 1 aliphatic rings. The van der Waals surface area contributed by atoms with Crippen LogP contribution in [-0.4, -0.2) is 26.0 Å². The summed E-state index contributed by atoms with van der Waals surface area (Å²) >= 11 is 5.83. The lowest BCUT2D eigenvalue weighted by atomic mass is 10.3. The number of ether oxygens (including phenoxy) is 1. The minimum Gasteiger partial charge on any atom is -0.489 e. The summed E-state index contributed by atoms with van der Waals surface area (Å²) in [6.07, 6.45) is 0.259. The molecule has 1 heterocycles. The Morgan fingerprint density at radius 2 is 2.19 bits per heavy atom. The Bertz CT molecular complexity index is 501. The topological polar surface area (TPSA) is 69.4 Å². The van der Waals surface area contributed by atoms with Gasteiger partial charge in [0.1, 0.15) is 11.9 Å². The molecular formula is C10H12ClNO3S. The summed E-state index contributed by atoms with van der Waals surface area (Å²) in [6, 6.07) is 4.93. The minimum atomic E-state index is -2.92. The zero-order valence-corrected chi connectivity index (χ0v) is 10.1. The maximum Gasteiger partial charge on any atom is 0.154 e. The van der Waals surface area contributed by atoms with Crippen LogP contribution in [0.1, 0.15) is 6.42 Å². The summed E-state index contributed by atoms with van der Waals surface area (Å²) in [5.41, 5.74) is 6.04. The predicted molar refractivity (Wildman–Crippen MR) is 63.6 cm³/mol. The van der Waals surface area contributed by atoms with Crippen molar-refractivity contribution in [2.24, 2.45) is 0 Å². The fraction of sp³-hybridized carbons (Fsp3) is 0.400. The fourth-order valence-corrected chi connectivity index (χ4v) is 3.39. The fourth-order valence-electron chi connectivity index (χ4n) is 1.63. The van der Waals surface area contributed by atoms with Gasteiger partial charge in [-0.1, -0.05) is 11.6 Å². The van der Waals surface area contributed by atoms with Gasteiger partial charge in [0.05, 0.1) is 22.2 Å². The maximum atomic E-state index is 11.2. The molecule has 0 bridgehead atoms. The van der Waals surface area contributed by atoms with Crippen molar-refractivity contribution >= 4 is 27.1 Å². The molecule has 0 spiro atoms.